The standard InChI is InChI=1S/C13H18N2O4/c1-13(2)10(7-11(13)16)14-8-5-4-6-9(19-3)12(8)15(17)18/h4-6,10-11,14,16H,7H2,1-3H3. The van der Waals surface area contributed by atoms with E-state index in [2.05, 4.69) is 5.32 Å². The number of benzene rings is 1. The van der Waals surface area contributed by atoms with Crippen LogP contribution >= 0.6 is 0 Å². The van der Waals surface area contributed by atoms with Crippen molar-refractivity contribution in [2.24, 2.45) is 5.41 Å². The predicted octanol–water partition coefficient (Wildman–Crippen LogP) is 2.17. The van der Waals surface area contributed by atoms with Gasteiger partial charge in [-0.15, -0.1) is 0 Å². The molecule has 6 heteroatoms. The molecule has 1 saturated carbocycles. The van der Waals surface area contributed by atoms with Crippen LogP contribution < -0.4 is 10.1 Å². The number of nitro benzene ring substituents is 1. The fourth-order valence-corrected chi connectivity index (χ4v) is 2.33. The van der Waals surface area contributed by atoms with E-state index in [1.54, 1.807) is 18.2 Å². The van der Waals surface area contributed by atoms with E-state index in [1.807, 2.05) is 13.8 Å². The van der Waals surface area contributed by atoms with Gasteiger partial charge in [0.05, 0.1) is 18.1 Å². The van der Waals surface area contributed by atoms with Crippen LogP contribution in [-0.4, -0.2) is 29.3 Å². The number of aliphatic hydroxyl groups is 1. The van der Waals surface area contributed by atoms with Crippen LogP contribution in [0.1, 0.15) is 20.3 Å². The molecule has 0 radical (unpaired) electrons. The second kappa shape index (κ2) is 4.70. The van der Waals surface area contributed by atoms with Crippen molar-refractivity contribution in [3.63, 3.8) is 0 Å². The molecule has 2 N–H and O–H groups in total. The quantitative estimate of drug-likeness (QED) is 0.644. The number of rotatable bonds is 4. The molecule has 0 aromatic heterocycles. The lowest BCUT2D eigenvalue weighted by atomic mass is 9.64. The van der Waals surface area contributed by atoms with Crippen molar-refractivity contribution in [3.05, 3.63) is 28.3 Å². The third-order valence-electron chi connectivity index (χ3n) is 3.95. The molecule has 1 fully saturated rings. The van der Waals surface area contributed by atoms with Crippen molar-refractivity contribution in [3.8, 4) is 5.75 Å². The van der Waals surface area contributed by atoms with Crippen molar-refractivity contribution < 1.29 is 14.8 Å². The fraction of sp³-hybridized carbons (Fsp3) is 0.538. The number of methoxy groups -OCH3 is 1. The highest BCUT2D eigenvalue weighted by molar-refractivity contribution is 5.69. The zero-order chi connectivity index (χ0) is 14.2. The van der Waals surface area contributed by atoms with Crippen LogP contribution in [0.3, 0.4) is 0 Å². The van der Waals surface area contributed by atoms with Gasteiger partial charge >= 0.3 is 5.69 Å². The first-order chi connectivity index (χ1) is 8.87. The number of ether oxygens (including phenoxy) is 1. The number of nitrogens with one attached hydrogen (secondary N) is 1. The van der Waals surface area contributed by atoms with Crippen molar-refractivity contribution in [1.29, 1.82) is 0 Å². The summed E-state index contributed by atoms with van der Waals surface area (Å²) >= 11 is 0. The highest BCUT2D eigenvalue weighted by Crippen LogP contribution is 2.44. The monoisotopic (exact) mass is 266 g/mol. The van der Waals surface area contributed by atoms with Crippen LogP contribution in [0.25, 0.3) is 0 Å². The maximum Gasteiger partial charge on any atom is 0.333 e. The first-order valence-electron chi connectivity index (χ1n) is 6.14. The summed E-state index contributed by atoms with van der Waals surface area (Å²) in [4.78, 5) is 10.7. The molecule has 1 aliphatic rings. The molecule has 2 rings (SSSR count). The van der Waals surface area contributed by atoms with Gasteiger partial charge in [0.2, 0.25) is 0 Å². The molecular weight excluding hydrogens is 248 g/mol. The Kier molecular flexibility index (Phi) is 3.36. The molecule has 19 heavy (non-hydrogen) atoms. The normalized spacial score (nSPS) is 24.4. The van der Waals surface area contributed by atoms with Crippen molar-refractivity contribution in [2.75, 3.05) is 12.4 Å². The lowest BCUT2D eigenvalue weighted by Crippen LogP contribution is -2.56. The van der Waals surface area contributed by atoms with Gasteiger partial charge in [-0.1, -0.05) is 19.9 Å². The van der Waals surface area contributed by atoms with E-state index in [4.69, 9.17) is 4.74 Å². The Morgan fingerprint density at radius 3 is 2.68 bits per heavy atom. The Morgan fingerprint density at radius 1 is 1.53 bits per heavy atom. The van der Waals surface area contributed by atoms with E-state index >= 15 is 0 Å². The molecule has 0 amide bonds. The Labute approximate surface area is 111 Å². The highest BCUT2D eigenvalue weighted by Gasteiger charge is 2.47. The summed E-state index contributed by atoms with van der Waals surface area (Å²) < 4.78 is 5.02. The van der Waals surface area contributed by atoms with Gasteiger partial charge in [-0.3, -0.25) is 10.1 Å². The minimum Gasteiger partial charge on any atom is -0.490 e. The number of hydrogen-bond acceptors (Lipinski definition) is 5. The summed E-state index contributed by atoms with van der Waals surface area (Å²) in [7, 11) is 1.41. The zero-order valence-corrected chi connectivity index (χ0v) is 11.2. The first kappa shape index (κ1) is 13.6. The molecule has 1 aliphatic carbocycles. The zero-order valence-electron chi connectivity index (χ0n) is 11.2. The fourth-order valence-electron chi connectivity index (χ4n) is 2.33. The SMILES string of the molecule is COc1cccc(NC2CC(O)C2(C)C)c1[N+](=O)[O-]. The molecule has 0 bridgehead atoms. The van der Waals surface area contributed by atoms with E-state index in [-0.39, 0.29) is 29.0 Å². The van der Waals surface area contributed by atoms with Crippen LogP contribution in [0.4, 0.5) is 11.4 Å². The number of nitro groups is 1. The predicted molar refractivity (Wildman–Crippen MR) is 71.5 cm³/mol. The molecule has 2 unspecified atom stereocenters. The van der Waals surface area contributed by atoms with E-state index in [9.17, 15) is 15.2 Å². The number of hydrogen-bond donors (Lipinski definition) is 2. The lowest BCUT2D eigenvalue weighted by molar-refractivity contribution is -0.384. The smallest absolute Gasteiger partial charge is 0.333 e. The minimum absolute atomic E-state index is 0.00769. The van der Waals surface area contributed by atoms with Crippen LogP contribution in [0.5, 0.6) is 5.75 Å². The summed E-state index contributed by atoms with van der Waals surface area (Å²) in [6.07, 6.45) is 0.205. The molecule has 0 spiro atoms. The van der Waals surface area contributed by atoms with Gasteiger partial charge in [-0.05, 0) is 18.6 Å². The topological polar surface area (TPSA) is 84.6 Å². The molecular formula is C13H18N2O4. The number of nitrogens with zero attached hydrogens (tertiary/aromatic N) is 1. The molecule has 2 atom stereocenters. The Morgan fingerprint density at radius 2 is 2.21 bits per heavy atom. The summed E-state index contributed by atoms with van der Waals surface area (Å²) in [5, 5.41) is 24.0. The Hall–Kier alpha value is -1.82. The van der Waals surface area contributed by atoms with Crippen LogP contribution in [0, 0.1) is 15.5 Å². The van der Waals surface area contributed by atoms with Crippen LogP contribution in [0.15, 0.2) is 18.2 Å². The second-order valence-electron chi connectivity index (χ2n) is 5.38. The van der Waals surface area contributed by atoms with Gasteiger partial charge in [0.15, 0.2) is 5.75 Å². The summed E-state index contributed by atoms with van der Waals surface area (Å²) in [6.45, 7) is 3.87. The molecule has 0 aliphatic heterocycles. The number of anilines is 1. The molecule has 0 saturated heterocycles. The molecule has 6 nitrogen and oxygen atoms in total. The van der Waals surface area contributed by atoms with Gasteiger partial charge in [0.1, 0.15) is 5.69 Å². The first-order valence-corrected chi connectivity index (χ1v) is 6.14. The van der Waals surface area contributed by atoms with Gasteiger partial charge in [0.25, 0.3) is 0 Å². The maximum atomic E-state index is 11.2. The second-order valence-corrected chi connectivity index (χ2v) is 5.38. The minimum atomic E-state index is -0.455. The Balaban J connectivity index is 2.29. The highest BCUT2D eigenvalue weighted by atomic mass is 16.6. The largest absolute Gasteiger partial charge is 0.490 e. The van der Waals surface area contributed by atoms with E-state index in [0.29, 0.717) is 12.1 Å². The van der Waals surface area contributed by atoms with Crippen molar-refractivity contribution >= 4 is 11.4 Å². The lowest BCUT2D eigenvalue weighted by Gasteiger charge is -2.49. The number of para-hydroxylation sites is 1. The number of aliphatic hydroxyl groups excluding tert-OH is 1. The van der Waals surface area contributed by atoms with Gasteiger partial charge in [0, 0.05) is 11.5 Å². The van der Waals surface area contributed by atoms with E-state index in [1.165, 1.54) is 7.11 Å². The van der Waals surface area contributed by atoms with Crippen molar-refractivity contribution in [1.82, 2.24) is 0 Å². The average Bonchev–Trinajstić information content (AvgIpc) is 2.37. The van der Waals surface area contributed by atoms with Gasteiger partial charge < -0.3 is 15.2 Å². The van der Waals surface area contributed by atoms with Crippen LogP contribution in [-0.2, 0) is 0 Å². The summed E-state index contributed by atoms with van der Waals surface area (Å²) in [6, 6.07) is 4.93. The molecule has 104 valence electrons. The van der Waals surface area contributed by atoms with Gasteiger partial charge in [-0.25, -0.2) is 0 Å². The maximum absolute atomic E-state index is 11.2. The van der Waals surface area contributed by atoms with E-state index in [0.717, 1.165) is 0 Å². The third-order valence-corrected chi connectivity index (χ3v) is 3.95. The molecule has 1 aromatic rings. The Bertz CT molecular complexity index is 501. The summed E-state index contributed by atoms with van der Waals surface area (Å²) in [5.74, 6) is 0.229. The van der Waals surface area contributed by atoms with Crippen molar-refractivity contribution in [2.45, 2.75) is 32.4 Å². The summed E-state index contributed by atoms with van der Waals surface area (Å²) in [5.41, 5.74) is 0.0632. The molecule has 0 heterocycles. The van der Waals surface area contributed by atoms with Crippen LogP contribution in [0.2, 0.25) is 0 Å². The third kappa shape index (κ3) is 2.23. The van der Waals surface area contributed by atoms with E-state index < -0.39 is 4.92 Å². The average molecular weight is 266 g/mol. The molecule has 1 aromatic carbocycles. The van der Waals surface area contributed by atoms with Gasteiger partial charge in [-0.2, -0.15) is 0 Å².